The number of benzene rings is 1. The maximum absolute atomic E-state index is 13.2. The highest BCUT2D eigenvalue weighted by molar-refractivity contribution is 5.91. The maximum atomic E-state index is 13.2. The topological polar surface area (TPSA) is 61.8 Å². The average Bonchev–Trinajstić information content (AvgIpc) is 3.23. The molecule has 0 spiro atoms. The average molecular weight is 493 g/mol. The molecule has 6 atom stereocenters. The summed E-state index contributed by atoms with van der Waals surface area (Å²) in [6.07, 6.45) is 10.9. The van der Waals surface area contributed by atoms with Gasteiger partial charge in [-0.3, -0.25) is 4.79 Å². The number of hydrogen-bond donors (Lipinski definition) is 0. The second kappa shape index (κ2) is 9.72. The van der Waals surface area contributed by atoms with E-state index in [9.17, 15) is 9.59 Å². The molecule has 1 aromatic rings. The molecular weight excluding hydrogens is 452 g/mol. The molecule has 5 nitrogen and oxygen atoms in total. The predicted molar refractivity (Wildman–Crippen MR) is 139 cm³/mol. The molecule has 194 valence electrons. The van der Waals surface area contributed by atoms with Gasteiger partial charge in [0, 0.05) is 11.8 Å². The molecule has 4 aliphatic carbocycles. The number of allylic oxidation sites excluding steroid dienone is 1. The summed E-state index contributed by atoms with van der Waals surface area (Å²) in [5, 5.41) is 0. The maximum Gasteiger partial charge on any atom is 0.345 e. The van der Waals surface area contributed by atoms with Crippen LogP contribution in [0.15, 0.2) is 48.1 Å². The summed E-state index contributed by atoms with van der Waals surface area (Å²) in [5.74, 6) is 3.71. The summed E-state index contributed by atoms with van der Waals surface area (Å²) in [6.45, 7) is 8.57. The molecule has 4 aliphatic rings. The van der Waals surface area contributed by atoms with Crippen molar-refractivity contribution in [2.45, 2.75) is 77.2 Å². The van der Waals surface area contributed by atoms with Crippen LogP contribution in [0.3, 0.4) is 0 Å². The smallest absolute Gasteiger partial charge is 0.345 e. The number of fused-ring (bicyclic) bond motifs is 5. The lowest BCUT2D eigenvalue weighted by atomic mass is 9.49. The van der Waals surface area contributed by atoms with Crippen molar-refractivity contribution in [3.8, 4) is 11.5 Å². The minimum atomic E-state index is -0.642. The molecule has 3 fully saturated rings. The lowest BCUT2D eigenvalue weighted by Crippen LogP contribution is -2.56. The molecule has 0 saturated heterocycles. The van der Waals surface area contributed by atoms with Crippen LogP contribution in [0.5, 0.6) is 11.5 Å². The third kappa shape index (κ3) is 3.99. The molecule has 0 heterocycles. The monoisotopic (exact) mass is 492 g/mol. The van der Waals surface area contributed by atoms with E-state index in [2.05, 4.69) is 13.5 Å². The van der Waals surface area contributed by atoms with Gasteiger partial charge in [0.15, 0.2) is 12.4 Å². The number of carbonyl (C=O) groups is 2. The van der Waals surface area contributed by atoms with Gasteiger partial charge in [-0.15, -0.1) is 0 Å². The Labute approximate surface area is 215 Å². The predicted octanol–water partition coefficient (Wildman–Crippen LogP) is 6.46. The first kappa shape index (κ1) is 25.1. The van der Waals surface area contributed by atoms with Crippen LogP contribution in [0, 0.1) is 29.1 Å². The minimum Gasteiger partial charge on any atom is -0.497 e. The molecule has 0 bridgehead atoms. The SMILES string of the molecule is C=C(C)[C@]1(OC(=O)COc2ccc(OC)cc2)CCC2C3CCC4=CC(=O)CCC4C3CC[C@@]21CC. The molecule has 3 saturated carbocycles. The largest absolute Gasteiger partial charge is 0.497 e. The van der Waals surface area contributed by atoms with E-state index in [1.807, 2.05) is 25.1 Å². The third-order valence-electron chi connectivity index (χ3n) is 10.1. The number of hydrogen-bond acceptors (Lipinski definition) is 5. The van der Waals surface area contributed by atoms with Crippen molar-refractivity contribution in [3.63, 3.8) is 0 Å². The van der Waals surface area contributed by atoms with Gasteiger partial charge in [0.1, 0.15) is 17.1 Å². The van der Waals surface area contributed by atoms with E-state index < -0.39 is 5.60 Å². The van der Waals surface area contributed by atoms with Gasteiger partial charge in [0.2, 0.25) is 0 Å². The Balaban J connectivity index is 1.35. The molecule has 1 aromatic carbocycles. The van der Waals surface area contributed by atoms with E-state index in [1.54, 1.807) is 19.2 Å². The van der Waals surface area contributed by atoms with Gasteiger partial charge in [-0.25, -0.2) is 4.79 Å². The Bertz CT molecular complexity index is 1060. The van der Waals surface area contributed by atoms with Gasteiger partial charge >= 0.3 is 5.97 Å². The lowest BCUT2D eigenvalue weighted by molar-refractivity contribution is -0.179. The van der Waals surface area contributed by atoms with Crippen LogP contribution in [0.2, 0.25) is 0 Å². The zero-order chi connectivity index (χ0) is 25.5. The van der Waals surface area contributed by atoms with E-state index >= 15 is 0 Å². The molecule has 4 unspecified atom stereocenters. The molecule has 0 aliphatic heterocycles. The van der Waals surface area contributed by atoms with Crippen molar-refractivity contribution in [3.05, 3.63) is 48.1 Å². The Kier molecular flexibility index (Phi) is 6.78. The number of rotatable bonds is 7. The third-order valence-corrected chi connectivity index (χ3v) is 10.1. The minimum absolute atomic E-state index is 0.0819. The lowest BCUT2D eigenvalue weighted by Gasteiger charge is -2.57. The van der Waals surface area contributed by atoms with Crippen LogP contribution in [0.1, 0.15) is 71.6 Å². The number of esters is 1. The van der Waals surface area contributed by atoms with Crippen molar-refractivity contribution in [2.24, 2.45) is 29.1 Å². The highest BCUT2D eigenvalue weighted by Crippen LogP contribution is 2.68. The summed E-state index contributed by atoms with van der Waals surface area (Å²) in [6, 6.07) is 7.22. The van der Waals surface area contributed by atoms with Crippen molar-refractivity contribution >= 4 is 11.8 Å². The fraction of sp³-hybridized carbons (Fsp3) is 0.613. The number of ketones is 1. The van der Waals surface area contributed by atoms with Crippen LogP contribution in [0.25, 0.3) is 0 Å². The van der Waals surface area contributed by atoms with Gasteiger partial charge in [0.05, 0.1) is 7.11 Å². The Hall–Kier alpha value is -2.56. The van der Waals surface area contributed by atoms with Crippen molar-refractivity contribution in [2.75, 3.05) is 13.7 Å². The van der Waals surface area contributed by atoms with E-state index in [1.165, 1.54) is 5.57 Å². The van der Waals surface area contributed by atoms with Gasteiger partial charge in [-0.2, -0.15) is 0 Å². The van der Waals surface area contributed by atoms with Gasteiger partial charge in [0.25, 0.3) is 0 Å². The first-order valence-electron chi connectivity index (χ1n) is 13.7. The van der Waals surface area contributed by atoms with Gasteiger partial charge in [-0.1, -0.05) is 19.1 Å². The number of ether oxygens (including phenoxy) is 3. The highest BCUT2D eigenvalue weighted by atomic mass is 16.6. The van der Waals surface area contributed by atoms with E-state index in [0.717, 1.165) is 62.7 Å². The van der Waals surface area contributed by atoms with E-state index in [0.29, 0.717) is 41.6 Å². The molecule has 0 amide bonds. The molecular formula is C31H40O5. The van der Waals surface area contributed by atoms with E-state index in [4.69, 9.17) is 14.2 Å². The summed E-state index contributed by atoms with van der Waals surface area (Å²) >= 11 is 0. The summed E-state index contributed by atoms with van der Waals surface area (Å²) < 4.78 is 17.4. The number of carbonyl (C=O) groups excluding carboxylic acids is 2. The van der Waals surface area contributed by atoms with Gasteiger partial charge in [-0.05, 0) is 118 Å². The fourth-order valence-corrected chi connectivity index (χ4v) is 8.64. The Morgan fingerprint density at radius 2 is 1.78 bits per heavy atom. The molecule has 36 heavy (non-hydrogen) atoms. The van der Waals surface area contributed by atoms with Crippen molar-refractivity contribution in [1.82, 2.24) is 0 Å². The van der Waals surface area contributed by atoms with Crippen LogP contribution in [-0.2, 0) is 14.3 Å². The van der Waals surface area contributed by atoms with Crippen LogP contribution in [0.4, 0.5) is 0 Å². The quantitative estimate of drug-likeness (QED) is 0.323. The first-order chi connectivity index (χ1) is 17.3. The Morgan fingerprint density at radius 1 is 1.03 bits per heavy atom. The zero-order valence-electron chi connectivity index (χ0n) is 22.0. The number of methoxy groups -OCH3 is 1. The molecule has 0 N–H and O–H groups in total. The van der Waals surface area contributed by atoms with Crippen LogP contribution < -0.4 is 9.47 Å². The second-order valence-electron chi connectivity index (χ2n) is 11.4. The fourth-order valence-electron chi connectivity index (χ4n) is 8.64. The normalized spacial score (nSPS) is 35.1. The zero-order valence-corrected chi connectivity index (χ0v) is 22.0. The second-order valence-corrected chi connectivity index (χ2v) is 11.4. The molecule has 5 heteroatoms. The first-order valence-corrected chi connectivity index (χ1v) is 13.7. The molecule has 0 aromatic heterocycles. The van der Waals surface area contributed by atoms with Crippen molar-refractivity contribution in [1.29, 1.82) is 0 Å². The molecule has 5 rings (SSSR count). The summed E-state index contributed by atoms with van der Waals surface area (Å²) in [4.78, 5) is 25.2. The molecule has 0 radical (unpaired) electrons. The van der Waals surface area contributed by atoms with Crippen LogP contribution >= 0.6 is 0 Å². The Morgan fingerprint density at radius 3 is 2.47 bits per heavy atom. The summed E-state index contributed by atoms with van der Waals surface area (Å²) in [5.41, 5.74) is 1.64. The van der Waals surface area contributed by atoms with Crippen molar-refractivity contribution < 1.29 is 23.8 Å². The summed E-state index contributed by atoms with van der Waals surface area (Å²) in [7, 11) is 1.62. The highest BCUT2D eigenvalue weighted by Gasteiger charge is 2.66. The van der Waals surface area contributed by atoms with Crippen LogP contribution in [-0.4, -0.2) is 31.1 Å². The van der Waals surface area contributed by atoms with Gasteiger partial charge < -0.3 is 14.2 Å². The van der Waals surface area contributed by atoms with E-state index in [-0.39, 0.29) is 18.0 Å². The standard InChI is InChI=1S/C31H40O5/c1-5-30-16-14-26-25-13-7-22(32)18-21(25)6-12-27(26)28(30)15-17-31(30,20(2)3)36-29(33)19-35-24-10-8-23(34-4)9-11-24/h8-11,18,25-28H,2,5-7,12-17,19H2,1,3-4H3/t25?,26?,27?,28?,30-,31+/m0/s1.